The Morgan fingerprint density at radius 3 is 2.58 bits per heavy atom. The Morgan fingerprint density at radius 1 is 1.37 bits per heavy atom. The summed E-state index contributed by atoms with van der Waals surface area (Å²) in [5, 5.41) is 3.03. The summed E-state index contributed by atoms with van der Waals surface area (Å²) in [6, 6.07) is 5.80. The molecule has 1 rings (SSSR count). The third-order valence-corrected chi connectivity index (χ3v) is 3.13. The van der Waals surface area contributed by atoms with Crippen LogP contribution in [0.5, 0.6) is 0 Å². The minimum atomic E-state index is -0.0184. The van der Waals surface area contributed by atoms with Gasteiger partial charge in [-0.25, -0.2) is 0 Å². The predicted molar refractivity (Wildman–Crippen MR) is 78.9 cm³/mol. The van der Waals surface area contributed by atoms with E-state index in [-0.39, 0.29) is 11.9 Å². The molecular weight excluding hydrogens is 236 g/mol. The van der Waals surface area contributed by atoms with E-state index in [1.54, 1.807) is 0 Å². The van der Waals surface area contributed by atoms with Crippen molar-refractivity contribution < 1.29 is 4.79 Å². The zero-order chi connectivity index (χ0) is 14.3. The van der Waals surface area contributed by atoms with E-state index in [9.17, 15) is 4.79 Å². The standard InChI is InChI=1S/C16H22N2O/c1-4-15(5-2)18-16(19)14-9-8-13(7-6-10-17)12(3)11-14/h8-9,11,15H,4-5,10,17H2,1-3H3,(H,18,19). The van der Waals surface area contributed by atoms with Crippen LogP contribution in [0, 0.1) is 18.8 Å². The van der Waals surface area contributed by atoms with Gasteiger partial charge in [-0.1, -0.05) is 25.7 Å². The maximum Gasteiger partial charge on any atom is 0.251 e. The maximum absolute atomic E-state index is 12.1. The third kappa shape index (κ3) is 4.42. The summed E-state index contributed by atoms with van der Waals surface area (Å²) in [5.41, 5.74) is 7.95. The van der Waals surface area contributed by atoms with E-state index in [1.165, 1.54) is 0 Å². The van der Waals surface area contributed by atoms with Gasteiger partial charge in [-0.3, -0.25) is 4.79 Å². The van der Waals surface area contributed by atoms with Crippen LogP contribution in [0.4, 0.5) is 0 Å². The highest BCUT2D eigenvalue weighted by Crippen LogP contribution is 2.11. The molecule has 3 N–H and O–H groups in total. The van der Waals surface area contributed by atoms with Crippen molar-refractivity contribution in [3.63, 3.8) is 0 Å². The van der Waals surface area contributed by atoms with Crippen LogP contribution in [-0.4, -0.2) is 18.5 Å². The molecule has 0 radical (unpaired) electrons. The SMILES string of the molecule is CCC(CC)NC(=O)c1ccc(C#CCN)c(C)c1. The molecule has 3 heteroatoms. The first-order valence-corrected chi connectivity index (χ1v) is 6.72. The molecule has 0 unspecified atom stereocenters. The molecule has 0 aliphatic carbocycles. The molecule has 0 saturated carbocycles. The van der Waals surface area contributed by atoms with Crippen LogP contribution in [0.3, 0.4) is 0 Å². The van der Waals surface area contributed by atoms with Crippen molar-refractivity contribution in [2.45, 2.75) is 39.7 Å². The lowest BCUT2D eigenvalue weighted by atomic mass is 10.0. The van der Waals surface area contributed by atoms with Gasteiger partial charge in [0.05, 0.1) is 6.54 Å². The molecule has 0 bridgehead atoms. The molecule has 0 aromatic heterocycles. The highest BCUT2D eigenvalue weighted by Gasteiger charge is 2.11. The smallest absolute Gasteiger partial charge is 0.251 e. The van der Waals surface area contributed by atoms with Crippen molar-refractivity contribution in [2.24, 2.45) is 5.73 Å². The average molecular weight is 258 g/mol. The van der Waals surface area contributed by atoms with Crippen molar-refractivity contribution in [2.75, 3.05) is 6.54 Å². The van der Waals surface area contributed by atoms with E-state index < -0.39 is 0 Å². The molecule has 1 amide bonds. The highest BCUT2D eigenvalue weighted by atomic mass is 16.1. The van der Waals surface area contributed by atoms with Gasteiger partial charge in [-0.05, 0) is 43.5 Å². The zero-order valence-corrected chi connectivity index (χ0v) is 11.9. The fourth-order valence-electron chi connectivity index (χ4n) is 1.85. The van der Waals surface area contributed by atoms with E-state index in [0.717, 1.165) is 24.0 Å². The van der Waals surface area contributed by atoms with Gasteiger partial charge in [0.1, 0.15) is 0 Å². The molecule has 19 heavy (non-hydrogen) atoms. The van der Waals surface area contributed by atoms with Crippen molar-refractivity contribution >= 4 is 5.91 Å². The molecule has 0 heterocycles. The monoisotopic (exact) mass is 258 g/mol. The first-order chi connectivity index (χ1) is 9.12. The number of hydrogen-bond donors (Lipinski definition) is 2. The van der Waals surface area contributed by atoms with Gasteiger partial charge in [0.2, 0.25) is 0 Å². The molecule has 102 valence electrons. The molecular formula is C16H22N2O. The molecule has 0 spiro atoms. The molecule has 3 nitrogen and oxygen atoms in total. The fourth-order valence-corrected chi connectivity index (χ4v) is 1.85. The van der Waals surface area contributed by atoms with Crippen LogP contribution in [0.2, 0.25) is 0 Å². The third-order valence-electron chi connectivity index (χ3n) is 3.13. The lowest BCUT2D eigenvalue weighted by Crippen LogP contribution is -2.33. The predicted octanol–water partition coefficient (Wildman–Crippen LogP) is 2.22. The Labute approximate surface area is 115 Å². The summed E-state index contributed by atoms with van der Waals surface area (Å²) >= 11 is 0. The average Bonchev–Trinajstić information content (AvgIpc) is 2.43. The van der Waals surface area contributed by atoms with Crippen molar-refractivity contribution in [3.8, 4) is 11.8 Å². The van der Waals surface area contributed by atoms with E-state index in [4.69, 9.17) is 5.73 Å². The molecule has 0 atom stereocenters. The Bertz CT molecular complexity index is 493. The Hall–Kier alpha value is -1.79. The lowest BCUT2D eigenvalue weighted by Gasteiger charge is -2.15. The Balaban J connectivity index is 2.85. The van der Waals surface area contributed by atoms with E-state index in [2.05, 4.69) is 31.0 Å². The van der Waals surface area contributed by atoms with Gasteiger partial charge in [-0.15, -0.1) is 0 Å². The maximum atomic E-state index is 12.1. The summed E-state index contributed by atoms with van der Waals surface area (Å²) in [4.78, 5) is 12.1. The number of carbonyl (C=O) groups is 1. The molecule has 0 fully saturated rings. The molecule has 1 aromatic carbocycles. The van der Waals surface area contributed by atoms with Gasteiger partial charge < -0.3 is 11.1 Å². The van der Waals surface area contributed by atoms with Gasteiger partial charge in [0.25, 0.3) is 5.91 Å². The minimum absolute atomic E-state index is 0.0184. The molecule has 0 aliphatic heterocycles. The van der Waals surface area contributed by atoms with Gasteiger partial charge in [-0.2, -0.15) is 0 Å². The second-order valence-corrected chi connectivity index (χ2v) is 4.52. The van der Waals surface area contributed by atoms with Crippen LogP contribution >= 0.6 is 0 Å². The van der Waals surface area contributed by atoms with Crippen LogP contribution in [0.1, 0.15) is 48.2 Å². The second kappa shape index (κ2) is 7.60. The summed E-state index contributed by atoms with van der Waals surface area (Å²) in [6.45, 7) is 6.45. The summed E-state index contributed by atoms with van der Waals surface area (Å²) < 4.78 is 0. The van der Waals surface area contributed by atoms with Crippen LogP contribution in [-0.2, 0) is 0 Å². The minimum Gasteiger partial charge on any atom is -0.349 e. The summed E-state index contributed by atoms with van der Waals surface area (Å²) in [6.07, 6.45) is 1.89. The van der Waals surface area contributed by atoms with Crippen LogP contribution in [0.15, 0.2) is 18.2 Å². The fraction of sp³-hybridized carbons (Fsp3) is 0.438. The van der Waals surface area contributed by atoms with E-state index in [1.807, 2.05) is 25.1 Å². The van der Waals surface area contributed by atoms with Crippen molar-refractivity contribution in [1.82, 2.24) is 5.32 Å². The van der Waals surface area contributed by atoms with Gasteiger partial charge >= 0.3 is 0 Å². The number of hydrogen-bond acceptors (Lipinski definition) is 2. The zero-order valence-electron chi connectivity index (χ0n) is 11.9. The number of nitrogens with one attached hydrogen (secondary N) is 1. The second-order valence-electron chi connectivity index (χ2n) is 4.52. The number of carbonyl (C=O) groups excluding carboxylic acids is 1. The first-order valence-electron chi connectivity index (χ1n) is 6.72. The highest BCUT2D eigenvalue weighted by molar-refractivity contribution is 5.94. The normalized spacial score (nSPS) is 9.95. The Kier molecular flexibility index (Phi) is 6.11. The number of nitrogens with two attached hydrogens (primary N) is 1. The number of aryl methyl sites for hydroxylation is 1. The van der Waals surface area contributed by atoms with Crippen LogP contribution in [0.25, 0.3) is 0 Å². The molecule has 0 aliphatic rings. The number of benzene rings is 1. The molecule has 1 aromatic rings. The Morgan fingerprint density at radius 2 is 2.05 bits per heavy atom. The largest absolute Gasteiger partial charge is 0.349 e. The summed E-state index contributed by atoms with van der Waals surface area (Å²) in [7, 11) is 0. The van der Waals surface area contributed by atoms with E-state index in [0.29, 0.717) is 12.1 Å². The number of rotatable bonds is 4. The summed E-state index contributed by atoms with van der Waals surface area (Å²) in [5.74, 6) is 5.80. The molecule has 0 saturated heterocycles. The van der Waals surface area contributed by atoms with Crippen LogP contribution < -0.4 is 11.1 Å². The number of amides is 1. The van der Waals surface area contributed by atoms with Gasteiger partial charge in [0.15, 0.2) is 0 Å². The topological polar surface area (TPSA) is 55.1 Å². The van der Waals surface area contributed by atoms with Crippen molar-refractivity contribution in [1.29, 1.82) is 0 Å². The van der Waals surface area contributed by atoms with Gasteiger partial charge in [0, 0.05) is 17.2 Å². The first kappa shape index (κ1) is 15.3. The van der Waals surface area contributed by atoms with Crippen molar-refractivity contribution in [3.05, 3.63) is 34.9 Å². The lowest BCUT2D eigenvalue weighted by molar-refractivity contribution is 0.0935. The van der Waals surface area contributed by atoms with E-state index >= 15 is 0 Å². The quantitative estimate of drug-likeness (QED) is 0.814.